The van der Waals surface area contributed by atoms with E-state index in [1.807, 2.05) is 0 Å². The van der Waals surface area contributed by atoms with E-state index in [1.54, 1.807) is 6.07 Å². The summed E-state index contributed by atoms with van der Waals surface area (Å²) in [6.07, 6.45) is 0. The van der Waals surface area contributed by atoms with E-state index in [1.165, 1.54) is 5.56 Å². The van der Waals surface area contributed by atoms with Crippen LogP contribution in [-0.2, 0) is 4.74 Å². The number of nitrogens with zero attached hydrogens (tertiary/aromatic N) is 2. The molecule has 3 rings (SSSR count). The zero-order valence-electron chi connectivity index (χ0n) is 10.9. The lowest BCUT2D eigenvalue weighted by Gasteiger charge is -2.30. The molecule has 1 saturated heterocycles. The van der Waals surface area contributed by atoms with Crippen LogP contribution in [0.15, 0.2) is 28.8 Å². The maximum absolute atomic E-state index is 5.61. The Hall–Kier alpha value is -2.01. The van der Waals surface area contributed by atoms with Crippen molar-refractivity contribution in [1.29, 1.82) is 0 Å². The highest BCUT2D eigenvalue weighted by molar-refractivity contribution is 5.77. The molecule has 2 N–H and O–H groups in total. The van der Waals surface area contributed by atoms with Gasteiger partial charge >= 0.3 is 0 Å². The van der Waals surface area contributed by atoms with Crippen molar-refractivity contribution in [3.05, 3.63) is 29.8 Å². The molecule has 0 unspecified atom stereocenters. The summed E-state index contributed by atoms with van der Waals surface area (Å²) in [5.74, 6) is 0.337. The zero-order valence-corrected chi connectivity index (χ0v) is 10.9. The molecular formula is C14H17N3O2. The molecule has 0 atom stereocenters. The van der Waals surface area contributed by atoms with Crippen molar-refractivity contribution in [2.24, 2.45) is 0 Å². The molecule has 0 amide bonds. The van der Waals surface area contributed by atoms with Crippen LogP contribution >= 0.6 is 0 Å². The van der Waals surface area contributed by atoms with E-state index in [0.29, 0.717) is 5.88 Å². The number of benzene rings is 1. The van der Waals surface area contributed by atoms with Crippen molar-refractivity contribution in [2.45, 2.75) is 6.92 Å². The van der Waals surface area contributed by atoms with Gasteiger partial charge in [-0.05, 0) is 18.6 Å². The van der Waals surface area contributed by atoms with Crippen LogP contribution in [0.5, 0.6) is 0 Å². The van der Waals surface area contributed by atoms with Crippen molar-refractivity contribution in [2.75, 3.05) is 36.9 Å². The molecule has 0 bridgehead atoms. The number of aryl methyl sites for hydroxylation is 1. The first-order valence-corrected chi connectivity index (χ1v) is 6.40. The van der Waals surface area contributed by atoms with Crippen molar-refractivity contribution in [1.82, 2.24) is 5.16 Å². The van der Waals surface area contributed by atoms with Gasteiger partial charge in [0.15, 0.2) is 0 Å². The van der Waals surface area contributed by atoms with Crippen molar-refractivity contribution in [3.63, 3.8) is 0 Å². The van der Waals surface area contributed by atoms with E-state index in [-0.39, 0.29) is 0 Å². The first-order chi connectivity index (χ1) is 9.24. The monoisotopic (exact) mass is 259 g/mol. The van der Waals surface area contributed by atoms with Crippen molar-refractivity contribution < 1.29 is 9.26 Å². The molecule has 1 aliphatic rings. The number of nitrogen functional groups attached to an aromatic ring is 1. The van der Waals surface area contributed by atoms with E-state index in [2.05, 4.69) is 35.2 Å². The molecule has 19 heavy (non-hydrogen) atoms. The number of morpholine rings is 1. The average molecular weight is 259 g/mol. The lowest BCUT2D eigenvalue weighted by Crippen LogP contribution is -2.36. The predicted octanol–water partition coefficient (Wildman–Crippen LogP) is 2.07. The predicted molar refractivity (Wildman–Crippen MR) is 74.1 cm³/mol. The van der Waals surface area contributed by atoms with Gasteiger partial charge in [0.2, 0.25) is 5.88 Å². The Labute approximate surface area is 111 Å². The maximum atomic E-state index is 5.61. The second-order valence-electron chi connectivity index (χ2n) is 4.73. The van der Waals surface area contributed by atoms with Crippen LogP contribution in [-0.4, -0.2) is 31.5 Å². The molecule has 100 valence electrons. The van der Waals surface area contributed by atoms with Crippen LogP contribution in [0, 0.1) is 6.92 Å². The van der Waals surface area contributed by atoms with Gasteiger partial charge in [0.05, 0.1) is 13.2 Å². The number of rotatable bonds is 2. The van der Waals surface area contributed by atoms with Gasteiger partial charge < -0.3 is 19.9 Å². The summed E-state index contributed by atoms with van der Waals surface area (Å²) < 4.78 is 10.4. The normalized spacial score (nSPS) is 15.7. The van der Waals surface area contributed by atoms with Crippen LogP contribution in [0.1, 0.15) is 5.56 Å². The number of hydrogen-bond acceptors (Lipinski definition) is 5. The van der Waals surface area contributed by atoms with Gasteiger partial charge in [-0.3, -0.25) is 0 Å². The lowest BCUT2D eigenvalue weighted by atomic mass is 10.1. The maximum Gasteiger partial charge on any atom is 0.222 e. The molecule has 2 heterocycles. The number of anilines is 2. The fourth-order valence-electron chi connectivity index (χ4n) is 2.34. The molecular weight excluding hydrogens is 242 g/mol. The highest BCUT2D eigenvalue weighted by Gasteiger charge is 2.17. The van der Waals surface area contributed by atoms with Crippen LogP contribution in [0.25, 0.3) is 11.3 Å². The Morgan fingerprint density at radius 3 is 2.68 bits per heavy atom. The zero-order chi connectivity index (χ0) is 13.2. The minimum absolute atomic E-state index is 0.337. The smallest absolute Gasteiger partial charge is 0.222 e. The fraction of sp³-hybridized carbons (Fsp3) is 0.357. The Bertz CT molecular complexity index is 574. The molecule has 5 nitrogen and oxygen atoms in total. The molecule has 0 radical (unpaired) electrons. The van der Waals surface area contributed by atoms with E-state index in [0.717, 1.165) is 43.2 Å². The standard InChI is InChI=1S/C14H17N3O2/c1-10-2-3-11(12-9-14(15)19-16-12)13(8-10)17-4-6-18-7-5-17/h2-3,8-9H,4-7,15H2,1H3. The Kier molecular flexibility index (Phi) is 3.13. The minimum Gasteiger partial charge on any atom is -0.378 e. The molecule has 1 aromatic carbocycles. The molecule has 1 aliphatic heterocycles. The molecule has 0 saturated carbocycles. The Morgan fingerprint density at radius 2 is 2.00 bits per heavy atom. The first kappa shape index (κ1) is 12.0. The molecule has 2 aromatic rings. The van der Waals surface area contributed by atoms with Gasteiger partial charge in [0, 0.05) is 30.4 Å². The van der Waals surface area contributed by atoms with Crippen LogP contribution in [0.3, 0.4) is 0 Å². The van der Waals surface area contributed by atoms with Gasteiger partial charge in [-0.1, -0.05) is 17.3 Å². The van der Waals surface area contributed by atoms with E-state index in [9.17, 15) is 0 Å². The quantitative estimate of drug-likeness (QED) is 0.894. The number of hydrogen-bond donors (Lipinski definition) is 1. The highest BCUT2D eigenvalue weighted by atomic mass is 16.5. The van der Waals surface area contributed by atoms with E-state index in [4.69, 9.17) is 15.0 Å². The summed E-state index contributed by atoms with van der Waals surface area (Å²) in [6.45, 7) is 5.39. The molecule has 5 heteroatoms. The Balaban J connectivity index is 2.03. The van der Waals surface area contributed by atoms with Crippen LogP contribution < -0.4 is 10.6 Å². The second kappa shape index (κ2) is 4.93. The summed E-state index contributed by atoms with van der Waals surface area (Å²) in [4.78, 5) is 2.32. The number of nitrogens with two attached hydrogens (primary N) is 1. The van der Waals surface area contributed by atoms with Gasteiger partial charge in [-0.25, -0.2) is 0 Å². The van der Waals surface area contributed by atoms with Crippen molar-refractivity contribution in [3.8, 4) is 11.3 Å². The van der Waals surface area contributed by atoms with Gasteiger partial charge in [-0.2, -0.15) is 0 Å². The minimum atomic E-state index is 0.337. The summed E-state index contributed by atoms with van der Waals surface area (Å²) >= 11 is 0. The van der Waals surface area contributed by atoms with E-state index < -0.39 is 0 Å². The SMILES string of the molecule is Cc1ccc(-c2cc(N)on2)c(N2CCOCC2)c1. The first-order valence-electron chi connectivity index (χ1n) is 6.40. The van der Waals surface area contributed by atoms with Gasteiger partial charge in [0.1, 0.15) is 5.69 Å². The van der Waals surface area contributed by atoms with Crippen LogP contribution in [0.2, 0.25) is 0 Å². The third-order valence-electron chi connectivity index (χ3n) is 3.31. The third kappa shape index (κ3) is 2.42. The molecule has 0 aliphatic carbocycles. The fourth-order valence-corrected chi connectivity index (χ4v) is 2.34. The largest absolute Gasteiger partial charge is 0.378 e. The number of ether oxygens (including phenoxy) is 1. The molecule has 1 fully saturated rings. The summed E-state index contributed by atoms with van der Waals surface area (Å²) in [5.41, 5.74) is 9.82. The van der Waals surface area contributed by atoms with Gasteiger partial charge in [0.25, 0.3) is 0 Å². The number of aromatic nitrogens is 1. The summed E-state index contributed by atoms with van der Waals surface area (Å²) in [5, 5.41) is 4.01. The topological polar surface area (TPSA) is 64.5 Å². The lowest BCUT2D eigenvalue weighted by molar-refractivity contribution is 0.122. The summed E-state index contributed by atoms with van der Waals surface area (Å²) in [6, 6.07) is 8.07. The highest BCUT2D eigenvalue weighted by Crippen LogP contribution is 2.32. The molecule has 0 spiro atoms. The van der Waals surface area contributed by atoms with E-state index >= 15 is 0 Å². The second-order valence-corrected chi connectivity index (χ2v) is 4.73. The molecule has 1 aromatic heterocycles. The van der Waals surface area contributed by atoms with Crippen LogP contribution in [0.4, 0.5) is 11.6 Å². The van der Waals surface area contributed by atoms with Gasteiger partial charge in [-0.15, -0.1) is 0 Å². The Morgan fingerprint density at radius 1 is 1.21 bits per heavy atom. The van der Waals surface area contributed by atoms with Crippen molar-refractivity contribution >= 4 is 11.6 Å². The third-order valence-corrected chi connectivity index (χ3v) is 3.31. The summed E-state index contributed by atoms with van der Waals surface area (Å²) in [7, 11) is 0. The average Bonchev–Trinajstić information content (AvgIpc) is 2.86.